The van der Waals surface area contributed by atoms with E-state index in [-0.39, 0.29) is 5.75 Å². The number of fused-ring (bicyclic) bond motifs is 1. The molecule has 1 saturated heterocycles. The molecule has 4 rings (SSSR count). The number of carbonyl (C=O) groups is 1. The molecule has 1 unspecified atom stereocenters. The molecule has 2 heterocycles. The van der Waals surface area contributed by atoms with Crippen LogP contribution in [0, 0.1) is 0 Å². The van der Waals surface area contributed by atoms with E-state index in [1.54, 1.807) is 24.3 Å². The molecule has 15 nitrogen and oxygen atoms in total. The lowest BCUT2D eigenvalue weighted by atomic mass is 9.93. The number of ether oxygens (including phenoxy) is 2. The SMILES string of the molecule is COC(=O)[C@H](C)NP(=O)(OC[C@H]1O[C@H](n2ccc(=O)[nH]c2=O)[C@](C)(N=[N+]=[N-])[C@@H]1O)Oc1cccc2ccccc12. The Bertz CT molecular complexity index is 1610. The summed E-state index contributed by atoms with van der Waals surface area (Å²) < 4.78 is 36.9. The van der Waals surface area contributed by atoms with Crippen LogP contribution in [0.4, 0.5) is 0 Å². The highest BCUT2D eigenvalue weighted by Gasteiger charge is 2.55. The molecule has 0 bridgehead atoms. The van der Waals surface area contributed by atoms with E-state index in [0.29, 0.717) is 5.39 Å². The third-order valence-electron chi connectivity index (χ3n) is 6.40. The Kier molecular flexibility index (Phi) is 8.45. The fourth-order valence-electron chi connectivity index (χ4n) is 4.33. The molecule has 212 valence electrons. The van der Waals surface area contributed by atoms with E-state index in [1.165, 1.54) is 13.8 Å². The number of aliphatic hydroxyl groups excluding tert-OH is 1. The zero-order valence-electron chi connectivity index (χ0n) is 21.7. The fraction of sp³-hybridized carbons (Fsp3) is 0.375. The standard InChI is InChI=1S/C24H27N6O9P/c1-14(21(33)36-3)27-40(35,39-17-10-6-8-15-7-4-5-9-16(15)17)37-13-18-20(32)24(2,28-29-25)22(38-18)30-12-11-19(31)26-23(30)34/h4-12,14,18,20,22,32H,13H2,1-3H3,(H,27,35)(H,26,31,34)/t14-,18+,20+,22-,24+,40?/m0/s1. The van der Waals surface area contributed by atoms with Crippen molar-refractivity contribution in [2.45, 2.75) is 43.9 Å². The Morgan fingerprint density at radius 1 is 1.30 bits per heavy atom. The highest BCUT2D eigenvalue weighted by atomic mass is 31.2. The summed E-state index contributed by atoms with van der Waals surface area (Å²) in [4.78, 5) is 40.9. The number of hydrogen-bond donors (Lipinski definition) is 3. The van der Waals surface area contributed by atoms with Crippen LogP contribution in [-0.4, -0.2) is 58.1 Å². The van der Waals surface area contributed by atoms with E-state index in [0.717, 1.165) is 29.3 Å². The second-order valence-corrected chi connectivity index (χ2v) is 10.8. The van der Waals surface area contributed by atoms with Crippen molar-refractivity contribution in [3.05, 3.63) is 86.0 Å². The van der Waals surface area contributed by atoms with Crippen LogP contribution < -0.4 is 20.9 Å². The molecule has 0 aliphatic carbocycles. The van der Waals surface area contributed by atoms with Crippen molar-refractivity contribution in [3.8, 4) is 5.75 Å². The van der Waals surface area contributed by atoms with Crippen molar-refractivity contribution in [1.29, 1.82) is 0 Å². The number of esters is 1. The van der Waals surface area contributed by atoms with Gasteiger partial charge in [-0.25, -0.2) is 9.36 Å². The summed E-state index contributed by atoms with van der Waals surface area (Å²) in [6.07, 6.45) is -3.09. The number of aromatic amines is 1. The first-order valence-corrected chi connectivity index (χ1v) is 13.5. The minimum absolute atomic E-state index is 0.190. The lowest BCUT2D eigenvalue weighted by Crippen LogP contribution is -2.45. The van der Waals surface area contributed by atoms with Crippen LogP contribution in [0.5, 0.6) is 5.75 Å². The first kappa shape index (κ1) is 29.0. The maximum Gasteiger partial charge on any atom is 0.459 e. The summed E-state index contributed by atoms with van der Waals surface area (Å²) in [5.41, 5.74) is 5.88. The smallest absolute Gasteiger partial charge is 0.459 e. The predicted molar refractivity (Wildman–Crippen MR) is 142 cm³/mol. The number of H-pyrrole nitrogens is 1. The van der Waals surface area contributed by atoms with Gasteiger partial charge >= 0.3 is 19.4 Å². The van der Waals surface area contributed by atoms with Gasteiger partial charge in [0.05, 0.1) is 19.8 Å². The van der Waals surface area contributed by atoms with Gasteiger partial charge in [0.1, 0.15) is 23.4 Å². The average molecular weight is 574 g/mol. The number of benzene rings is 2. The lowest BCUT2D eigenvalue weighted by Gasteiger charge is -2.28. The van der Waals surface area contributed by atoms with Crippen molar-refractivity contribution < 1.29 is 33.0 Å². The van der Waals surface area contributed by atoms with Crippen LogP contribution >= 0.6 is 7.75 Å². The number of carbonyl (C=O) groups excluding carboxylic acids is 1. The molecule has 16 heteroatoms. The van der Waals surface area contributed by atoms with Gasteiger partial charge in [0.2, 0.25) is 0 Å². The van der Waals surface area contributed by atoms with Crippen LogP contribution in [0.2, 0.25) is 0 Å². The molecule has 0 amide bonds. The third-order valence-corrected chi connectivity index (χ3v) is 8.03. The van der Waals surface area contributed by atoms with Gasteiger partial charge in [-0.15, -0.1) is 0 Å². The molecule has 2 aromatic carbocycles. The van der Waals surface area contributed by atoms with E-state index in [1.807, 2.05) is 18.2 Å². The Hall–Kier alpha value is -3.97. The zero-order chi connectivity index (χ0) is 29.1. The molecule has 3 N–H and O–H groups in total. The number of azide groups is 1. The van der Waals surface area contributed by atoms with E-state index < -0.39 is 61.6 Å². The Balaban J connectivity index is 1.64. The number of aliphatic hydroxyl groups is 1. The molecule has 40 heavy (non-hydrogen) atoms. The normalized spacial score (nSPS) is 24.6. The molecule has 3 aromatic rings. The molecule has 0 radical (unpaired) electrons. The molecule has 1 aliphatic rings. The predicted octanol–water partition coefficient (Wildman–Crippen LogP) is 2.37. The number of hydrogen-bond acceptors (Lipinski definition) is 10. The maximum absolute atomic E-state index is 14.0. The summed E-state index contributed by atoms with van der Waals surface area (Å²) in [7, 11) is -3.21. The van der Waals surface area contributed by atoms with Crippen molar-refractivity contribution >= 4 is 24.5 Å². The van der Waals surface area contributed by atoms with E-state index in [4.69, 9.17) is 24.1 Å². The second kappa shape index (κ2) is 11.6. The van der Waals surface area contributed by atoms with Crippen LogP contribution in [0.1, 0.15) is 20.1 Å². The van der Waals surface area contributed by atoms with Crippen LogP contribution in [0.15, 0.2) is 69.4 Å². The lowest BCUT2D eigenvalue weighted by molar-refractivity contribution is -0.142. The van der Waals surface area contributed by atoms with Gasteiger partial charge in [-0.3, -0.25) is 23.7 Å². The largest absolute Gasteiger partial charge is 0.468 e. The molecular formula is C24H27N6O9P. The number of nitrogens with zero attached hydrogens (tertiary/aromatic N) is 4. The highest BCUT2D eigenvalue weighted by Crippen LogP contribution is 2.48. The van der Waals surface area contributed by atoms with Gasteiger partial charge in [-0.2, -0.15) is 5.09 Å². The molecule has 0 spiro atoms. The number of nitrogens with one attached hydrogen (secondary N) is 2. The second-order valence-electron chi connectivity index (χ2n) is 9.14. The van der Waals surface area contributed by atoms with Gasteiger partial charge in [0, 0.05) is 22.6 Å². The van der Waals surface area contributed by atoms with Crippen molar-refractivity contribution in [1.82, 2.24) is 14.6 Å². The maximum atomic E-state index is 14.0. The molecule has 0 saturated carbocycles. The fourth-order valence-corrected chi connectivity index (χ4v) is 5.85. The van der Waals surface area contributed by atoms with E-state index in [9.17, 15) is 24.1 Å². The van der Waals surface area contributed by atoms with Gasteiger partial charge < -0.3 is 19.1 Å². The zero-order valence-corrected chi connectivity index (χ0v) is 22.6. The quantitative estimate of drug-likeness (QED) is 0.106. The van der Waals surface area contributed by atoms with Crippen molar-refractivity contribution in [3.63, 3.8) is 0 Å². The molecule has 1 aromatic heterocycles. The van der Waals surface area contributed by atoms with Crippen molar-refractivity contribution in [2.75, 3.05) is 13.7 Å². The monoisotopic (exact) mass is 574 g/mol. The van der Waals surface area contributed by atoms with Crippen molar-refractivity contribution in [2.24, 2.45) is 5.11 Å². The molecular weight excluding hydrogens is 547 g/mol. The Labute approximate surface area is 226 Å². The number of aromatic nitrogens is 2. The van der Waals surface area contributed by atoms with Gasteiger partial charge in [-0.1, -0.05) is 41.5 Å². The first-order chi connectivity index (χ1) is 19.0. The molecule has 6 atom stereocenters. The van der Waals surface area contributed by atoms with Gasteiger partial charge in [0.15, 0.2) is 6.23 Å². The third kappa shape index (κ3) is 5.80. The number of methoxy groups -OCH3 is 1. The van der Waals surface area contributed by atoms with Crippen LogP contribution in [0.3, 0.4) is 0 Å². The summed E-state index contributed by atoms with van der Waals surface area (Å²) >= 11 is 0. The van der Waals surface area contributed by atoms with Gasteiger partial charge in [-0.05, 0) is 30.8 Å². The minimum atomic E-state index is -4.37. The van der Waals surface area contributed by atoms with Gasteiger partial charge in [0.25, 0.3) is 5.56 Å². The highest BCUT2D eigenvalue weighted by molar-refractivity contribution is 7.52. The summed E-state index contributed by atoms with van der Waals surface area (Å²) in [5.74, 6) is -0.550. The van der Waals surface area contributed by atoms with Crippen LogP contribution in [-0.2, 0) is 23.4 Å². The Morgan fingerprint density at radius 3 is 2.73 bits per heavy atom. The number of rotatable bonds is 10. The molecule has 1 aliphatic heterocycles. The summed E-state index contributed by atoms with van der Waals surface area (Å²) in [6, 6.07) is 12.2. The summed E-state index contributed by atoms with van der Waals surface area (Å²) in [6.45, 7) is 2.16. The van der Waals surface area contributed by atoms with E-state index in [2.05, 4.69) is 20.1 Å². The van der Waals surface area contributed by atoms with Crippen LogP contribution in [0.25, 0.3) is 21.2 Å². The topological polar surface area (TPSA) is 207 Å². The summed E-state index contributed by atoms with van der Waals surface area (Å²) in [5, 5.41) is 18.7. The first-order valence-electron chi connectivity index (χ1n) is 12.0. The van der Waals surface area contributed by atoms with E-state index >= 15 is 0 Å². The molecule has 1 fully saturated rings. The Morgan fingerprint density at radius 2 is 2.02 bits per heavy atom. The average Bonchev–Trinajstić information content (AvgIpc) is 3.16. The minimum Gasteiger partial charge on any atom is -0.468 e.